The largest absolute Gasteiger partial charge is 0.508 e. The minimum atomic E-state index is -1.40. The van der Waals surface area contributed by atoms with Gasteiger partial charge in [-0.2, -0.15) is 0 Å². The highest BCUT2D eigenvalue weighted by atomic mass is 32.2. The Kier molecular flexibility index (Phi) is 6.73. The van der Waals surface area contributed by atoms with Crippen molar-refractivity contribution in [2.75, 3.05) is 22.9 Å². The van der Waals surface area contributed by atoms with E-state index in [1.165, 1.54) is 40.3 Å². The number of allylic oxidation sites excluding steroid dienone is 1. The Hall–Kier alpha value is -4.44. The fourth-order valence-electron chi connectivity index (χ4n) is 4.48. The molecular weight excluding hydrogens is 555 g/mol. The zero-order valence-electron chi connectivity index (χ0n) is 19.7. The number of aromatic nitrogens is 1. The first kappa shape index (κ1) is 26.2. The van der Waals surface area contributed by atoms with E-state index in [1.807, 2.05) is 0 Å². The number of aliphatic carboxylic acids is 1. The molecule has 4 heterocycles. The second-order valence-electron chi connectivity index (χ2n) is 8.57. The Morgan fingerprint density at radius 3 is 2.72 bits per heavy atom. The molecule has 2 fully saturated rings. The minimum absolute atomic E-state index is 0.0138. The number of carbonyl (C=O) groups excluding carboxylic acids is 3. The molecule has 5 rings (SSSR count). The van der Waals surface area contributed by atoms with Crippen molar-refractivity contribution in [2.45, 2.75) is 17.8 Å². The predicted octanol–water partition coefficient (Wildman–Crippen LogP) is 0.850. The van der Waals surface area contributed by atoms with Crippen LogP contribution in [0.2, 0.25) is 0 Å². The van der Waals surface area contributed by atoms with E-state index in [9.17, 15) is 39.0 Å². The maximum atomic E-state index is 14.3. The summed E-state index contributed by atoms with van der Waals surface area (Å²) in [6.45, 7) is 0.147. The van der Waals surface area contributed by atoms with E-state index in [2.05, 4.69) is 15.5 Å². The van der Waals surface area contributed by atoms with Crippen molar-refractivity contribution in [1.82, 2.24) is 15.2 Å². The van der Waals surface area contributed by atoms with Gasteiger partial charge < -0.3 is 31.4 Å². The molecule has 0 saturated carbocycles. The molecule has 3 aliphatic heterocycles. The average Bonchev–Trinajstić information content (AvgIpc) is 3.48. The van der Waals surface area contributed by atoms with Crippen molar-refractivity contribution >= 4 is 63.3 Å². The zero-order valence-corrected chi connectivity index (χ0v) is 21.3. The molecule has 0 spiro atoms. The summed E-state index contributed by atoms with van der Waals surface area (Å²) in [6, 6.07) is 2.32. The lowest BCUT2D eigenvalue weighted by molar-refractivity contribution is -0.150. The molecule has 3 amide bonds. The van der Waals surface area contributed by atoms with Crippen molar-refractivity contribution in [3.05, 3.63) is 58.0 Å². The van der Waals surface area contributed by atoms with Crippen LogP contribution in [0.4, 0.5) is 15.2 Å². The molecule has 1 aromatic heterocycles. The van der Waals surface area contributed by atoms with E-state index in [0.717, 1.165) is 22.3 Å². The Morgan fingerprint density at radius 2 is 2.08 bits per heavy atom. The number of nitrogen functional groups attached to an aromatic ring is 1. The number of thioether (sulfide) groups is 1. The second-order valence-corrected chi connectivity index (χ2v) is 10.6. The lowest BCUT2D eigenvalue weighted by Gasteiger charge is -2.49. The summed E-state index contributed by atoms with van der Waals surface area (Å²) >= 11 is 2.20. The monoisotopic (exact) mass is 574 g/mol. The number of halogens is 1. The number of anilines is 2. The third-order valence-corrected chi connectivity index (χ3v) is 8.24. The molecule has 1 aromatic carbocycles. The van der Waals surface area contributed by atoms with Crippen LogP contribution >= 0.6 is 23.1 Å². The Balaban J connectivity index is 1.35. The number of rotatable bonds is 6. The van der Waals surface area contributed by atoms with Gasteiger partial charge in [0, 0.05) is 29.3 Å². The maximum Gasteiger partial charge on any atom is 0.352 e. The van der Waals surface area contributed by atoms with Gasteiger partial charge in [0.2, 0.25) is 0 Å². The van der Waals surface area contributed by atoms with E-state index < -0.39 is 46.6 Å². The molecule has 16 heteroatoms. The van der Waals surface area contributed by atoms with Crippen molar-refractivity contribution in [2.24, 2.45) is 5.16 Å². The van der Waals surface area contributed by atoms with Gasteiger partial charge in [-0.15, -0.1) is 23.1 Å². The summed E-state index contributed by atoms with van der Waals surface area (Å²) in [6.07, 6.45) is 1.61. The van der Waals surface area contributed by atoms with Crippen LogP contribution in [0.1, 0.15) is 12.1 Å². The van der Waals surface area contributed by atoms with Crippen LogP contribution in [0.5, 0.6) is 5.75 Å². The van der Waals surface area contributed by atoms with Gasteiger partial charge in [0.1, 0.15) is 28.6 Å². The van der Waals surface area contributed by atoms with Gasteiger partial charge in [-0.25, -0.2) is 14.2 Å². The number of β-lactam (4-membered cyclic amide) rings is 1. The van der Waals surface area contributed by atoms with Crippen molar-refractivity contribution < 1.29 is 39.0 Å². The molecular formula is C23H19FN6O7S2. The number of fused-ring (bicyclic) bond motifs is 1. The third-order valence-electron chi connectivity index (χ3n) is 6.26. The van der Waals surface area contributed by atoms with Crippen LogP contribution < -0.4 is 16.0 Å². The van der Waals surface area contributed by atoms with Crippen molar-refractivity contribution in [3.8, 4) is 5.75 Å². The van der Waals surface area contributed by atoms with Gasteiger partial charge in [0.05, 0.1) is 5.69 Å². The van der Waals surface area contributed by atoms with E-state index in [4.69, 9.17) is 5.73 Å². The zero-order chi connectivity index (χ0) is 28.0. The summed E-state index contributed by atoms with van der Waals surface area (Å²) in [4.78, 5) is 56.9. The number of benzene rings is 1. The second kappa shape index (κ2) is 10.0. The number of phenolic OH excluding ortho intramolecular Hbond substituents is 1. The molecule has 2 atom stereocenters. The highest BCUT2D eigenvalue weighted by molar-refractivity contribution is 8.00. The fourth-order valence-corrected chi connectivity index (χ4v) is 6.33. The molecule has 2 saturated heterocycles. The Labute approximate surface area is 227 Å². The number of carboxylic acids is 1. The highest BCUT2D eigenvalue weighted by Gasteiger charge is 2.54. The number of amides is 3. The first-order valence-electron chi connectivity index (χ1n) is 11.3. The van der Waals surface area contributed by atoms with Gasteiger partial charge in [-0.1, -0.05) is 5.16 Å². The average molecular weight is 575 g/mol. The van der Waals surface area contributed by atoms with Crippen LogP contribution in [0.25, 0.3) is 0 Å². The van der Waals surface area contributed by atoms with E-state index in [-0.39, 0.29) is 57.8 Å². The van der Waals surface area contributed by atoms with Gasteiger partial charge in [0.25, 0.3) is 17.7 Å². The standard InChI is InChI=1S/C23H19FN6O7S2/c24-12-6-11(31)1-2-14(12)29-4-3-9(19(29)33)5-10-7-38-21-16(20(34)30(21)17(10)22(35)36)27-18(32)15(28-37)13-8-39-23(25)26-13/h1-2,5-6,8,16,21,31,37H,3-4,7H2,(H2,25,26)(H,27,32)(H,35,36)/b9-5+,28-15-/t16-,21-/m1/s1. The summed E-state index contributed by atoms with van der Waals surface area (Å²) in [5.41, 5.74) is 5.22. The molecule has 3 aliphatic rings. The summed E-state index contributed by atoms with van der Waals surface area (Å²) in [5.74, 6) is -4.47. The number of hydrogen-bond donors (Lipinski definition) is 5. The number of aromatic hydroxyl groups is 1. The molecule has 0 radical (unpaired) electrons. The SMILES string of the molecule is Nc1nc(/C(=N/O)C(=O)N[C@@H]2C(=O)N3C(C(=O)O)=C(/C=C4\CCN(c5ccc(O)cc5F)C4=O)CS[C@H]23)cs1. The smallest absolute Gasteiger partial charge is 0.352 e. The van der Waals surface area contributed by atoms with Crippen LogP contribution in [0.3, 0.4) is 0 Å². The fraction of sp³-hybridized carbons (Fsp3) is 0.217. The maximum absolute atomic E-state index is 14.3. The van der Waals surface area contributed by atoms with Gasteiger partial charge in [-0.3, -0.25) is 19.3 Å². The predicted molar refractivity (Wildman–Crippen MR) is 138 cm³/mol. The van der Waals surface area contributed by atoms with Gasteiger partial charge >= 0.3 is 5.97 Å². The molecule has 0 bridgehead atoms. The number of nitrogens with one attached hydrogen (secondary N) is 1. The van der Waals surface area contributed by atoms with Crippen LogP contribution in [-0.4, -0.2) is 78.4 Å². The number of nitrogens with two attached hydrogens (primary N) is 1. The quantitative estimate of drug-likeness (QED) is 0.108. The van der Waals surface area contributed by atoms with Gasteiger partial charge in [0.15, 0.2) is 16.7 Å². The highest BCUT2D eigenvalue weighted by Crippen LogP contribution is 2.41. The number of hydrogen-bond acceptors (Lipinski definition) is 11. The molecule has 39 heavy (non-hydrogen) atoms. The number of phenols is 1. The summed E-state index contributed by atoms with van der Waals surface area (Å²) < 4.78 is 14.3. The number of thiazole rings is 1. The van der Waals surface area contributed by atoms with Crippen LogP contribution in [-0.2, 0) is 19.2 Å². The first-order valence-corrected chi connectivity index (χ1v) is 13.2. The molecule has 2 aromatic rings. The third kappa shape index (κ3) is 4.57. The lowest BCUT2D eigenvalue weighted by Crippen LogP contribution is -2.71. The number of carbonyl (C=O) groups is 4. The van der Waals surface area contributed by atoms with Crippen LogP contribution in [0, 0.1) is 5.82 Å². The lowest BCUT2D eigenvalue weighted by atomic mass is 10.0. The van der Waals surface area contributed by atoms with Crippen molar-refractivity contribution in [1.29, 1.82) is 0 Å². The molecule has 0 unspecified atom stereocenters. The molecule has 13 nitrogen and oxygen atoms in total. The minimum Gasteiger partial charge on any atom is -0.508 e. The summed E-state index contributed by atoms with van der Waals surface area (Å²) in [7, 11) is 0. The topological polar surface area (TPSA) is 199 Å². The molecule has 0 aliphatic carbocycles. The Morgan fingerprint density at radius 1 is 1.31 bits per heavy atom. The number of carboxylic acid groups (broad SMARTS) is 1. The Bertz CT molecular complexity index is 1520. The number of oxime groups is 1. The van der Waals surface area contributed by atoms with E-state index in [1.54, 1.807) is 0 Å². The van der Waals surface area contributed by atoms with Crippen molar-refractivity contribution in [3.63, 3.8) is 0 Å². The first-order chi connectivity index (χ1) is 18.6. The normalized spacial score (nSPS) is 22.3. The summed E-state index contributed by atoms with van der Waals surface area (Å²) in [5, 5.41) is 34.8. The number of nitrogens with zero attached hydrogens (tertiary/aromatic N) is 4. The van der Waals surface area contributed by atoms with Gasteiger partial charge in [-0.05, 0) is 30.2 Å². The van der Waals surface area contributed by atoms with Crippen LogP contribution in [0.15, 0.2) is 51.7 Å². The molecule has 202 valence electrons. The molecule has 6 N–H and O–H groups in total. The van der Waals surface area contributed by atoms with E-state index in [0.29, 0.717) is 0 Å². The van der Waals surface area contributed by atoms with E-state index >= 15 is 0 Å².